The molecular formula is C16H23N. The van der Waals surface area contributed by atoms with Crippen LogP contribution in [0.25, 0.3) is 0 Å². The minimum absolute atomic E-state index is 0.433. The first-order chi connectivity index (χ1) is 8.21. The van der Waals surface area contributed by atoms with Crippen molar-refractivity contribution in [3.63, 3.8) is 0 Å². The van der Waals surface area contributed by atoms with Crippen molar-refractivity contribution < 1.29 is 0 Å². The molecule has 1 aliphatic carbocycles. The van der Waals surface area contributed by atoms with E-state index in [9.17, 15) is 0 Å². The van der Waals surface area contributed by atoms with Gasteiger partial charge in [0.15, 0.2) is 0 Å². The number of fused-ring (bicyclic) bond motifs is 1. The molecule has 0 aromatic heterocycles. The second kappa shape index (κ2) is 4.13. The summed E-state index contributed by atoms with van der Waals surface area (Å²) >= 11 is 0. The molecule has 3 rings (SSSR count). The van der Waals surface area contributed by atoms with Crippen LogP contribution in [-0.4, -0.2) is 13.1 Å². The molecule has 0 spiro atoms. The zero-order valence-corrected chi connectivity index (χ0v) is 11.0. The van der Waals surface area contributed by atoms with Crippen molar-refractivity contribution in [2.24, 2.45) is 11.8 Å². The van der Waals surface area contributed by atoms with Crippen LogP contribution < -0.4 is 5.32 Å². The summed E-state index contributed by atoms with van der Waals surface area (Å²) in [7, 11) is 0. The van der Waals surface area contributed by atoms with E-state index in [1.807, 2.05) is 0 Å². The van der Waals surface area contributed by atoms with Crippen LogP contribution >= 0.6 is 0 Å². The molecule has 0 radical (unpaired) electrons. The number of benzene rings is 1. The van der Waals surface area contributed by atoms with E-state index in [1.54, 1.807) is 5.56 Å². The van der Waals surface area contributed by atoms with Crippen molar-refractivity contribution in [2.45, 2.75) is 38.5 Å². The van der Waals surface area contributed by atoms with Crippen LogP contribution in [0.4, 0.5) is 0 Å². The summed E-state index contributed by atoms with van der Waals surface area (Å²) in [6, 6.07) is 9.28. The van der Waals surface area contributed by atoms with Crippen molar-refractivity contribution in [3.8, 4) is 0 Å². The molecule has 17 heavy (non-hydrogen) atoms. The summed E-state index contributed by atoms with van der Waals surface area (Å²) in [6.07, 6.45) is 3.90. The normalized spacial score (nSPS) is 36.1. The average molecular weight is 229 g/mol. The first-order valence-corrected chi connectivity index (χ1v) is 7.01. The van der Waals surface area contributed by atoms with E-state index in [2.05, 4.69) is 43.4 Å². The van der Waals surface area contributed by atoms with E-state index >= 15 is 0 Å². The zero-order chi connectivity index (χ0) is 11.9. The van der Waals surface area contributed by atoms with Crippen molar-refractivity contribution in [1.82, 2.24) is 5.32 Å². The molecule has 1 aromatic rings. The molecule has 2 aliphatic rings. The summed E-state index contributed by atoms with van der Waals surface area (Å²) < 4.78 is 0. The molecule has 1 heterocycles. The van der Waals surface area contributed by atoms with Crippen LogP contribution in [0.2, 0.25) is 0 Å². The largest absolute Gasteiger partial charge is 0.316 e. The molecule has 0 bridgehead atoms. The number of hydrogen-bond donors (Lipinski definition) is 1. The van der Waals surface area contributed by atoms with Gasteiger partial charge in [-0.1, -0.05) is 38.1 Å². The van der Waals surface area contributed by atoms with Gasteiger partial charge >= 0.3 is 0 Å². The highest BCUT2D eigenvalue weighted by Crippen LogP contribution is 2.48. The summed E-state index contributed by atoms with van der Waals surface area (Å²) in [6.45, 7) is 7.20. The molecular weight excluding hydrogens is 206 g/mol. The SMILES string of the molecule is CCc1cccc(C2(C)CC3CNCC3C2)c1. The monoisotopic (exact) mass is 229 g/mol. The van der Waals surface area contributed by atoms with E-state index in [0.29, 0.717) is 5.41 Å². The van der Waals surface area contributed by atoms with Crippen molar-refractivity contribution in [2.75, 3.05) is 13.1 Å². The Labute approximate surface area is 105 Å². The van der Waals surface area contributed by atoms with E-state index in [1.165, 1.54) is 31.5 Å². The van der Waals surface area contributed by atoms with Crippen molar-refractivity contribution in [3.05, 3.63) is 35.4 Å². The molecule has 2 fully saturated rings. The molecule has 92 valence electrons. The fraction of sp³-hybridized carbons (Fsp3) is 0.625. The maximum absolute atomic E-state index is 3.54. The van der Waals surface area contributed by atoms with Gasteiger partial charge in [0, 0.05) is 0 Å². The third kappa shape index (κ3) is 1.91. The fourth-order valence-corrected chi connectivity index (χ4v) is 3.91. The number of nitrogens with one attached hydrogen (secondary N) is 1. The zero-order valence-electron chi connectivity index (χ0n) is 11.0. The number of aryl methyl sites for hydroxylation is 1. The van der Waals surface area contributed by atoms with Gasteiger partial charge in [-0.3, -0.25) is 0 Å². The molecule has 2 atom stereocenters. The second-order valence-electron chi connectivity index (χ2n) is 6.20. The number of hydrogen-bond acceptors (Lipinski definition) is 1. The van der Waals surface area contributed by atoms with Gasteiger partial charge in [0.1, 0.15) is 0 Å². The first kappa shape index (κ1) is 11.3. The van der Waals surface area contributed by atoms with Gasteiger partial charge in [-0.25, -0.2) is 0 Å². The Kier molecular flexibility index (Phi) is 2.74. The second-order valence-corrected chi connectivity index (χ2v) is 6.20. The lowest BCUT2D eigenvalue weighted by Gasteiger charge is -2.26. The Bertz CT molecular complexity index is 398. The molecule has 1 aromatic carbocycles. The lowest BCUT2D eigenvalue weighted by Crippen LogP contribution is -2.22. The summed E-state index contributed by atoms with van der Waals surface area (Å²) in [5.74, 6) is 1.84. The van der Waals surface area contributed by atoms with E-state index in [-0.39, 0.29) is 0 Å². The van der Waals surface area contributed by atoms with Gasteiger partial charge in [0.2, 0.25) is 0 Å². The van der Waals surface area contributed by atoms with Crippen molar-refractivity contribution >= 4 is 0 Å². The van der Waals surface area contributed by atoms with Gasteiger partial charge < -0.3 is 5.32 Å². The molecule has 1 saturated heterocycles. The van der Waals surface area contributed by atoms with Crippen LogP contribution in [0.3, 0.4) is 0 Å². The minimum Gasteiger partial charge on any atom is -0.316 e. The van der Waals surface area contributed by atoms with Crippen LogP contribution in [0.15, 0.2) is 24.3 Å². The fourth-order valence-electron chi connectivity index (χ4n) is 3.91. The smallest absolute Gasteiger partial charge is 0.00169 e. The Morgan fingerprint density at radius 3 is 2.59 bits per heavy atom. The highest BCUT2D eigenvalue weighted by molar-refractivity contribution is 5.31. The van der Waals surface area contributed by atoms with Crippen LogP contribution in [-0.2, 0) is 11.8 Å². The van der Waals surface area contributed by atoms with E-state index < -0.39 is 0 Å². The third-order valence-electron chi connectivity index (χ3n) is 4.94. The maximum atomic E-state index is 3.54. The standard InChI is InChI=1S/C16H23N/c1-3-12-5-4-6-15(7-12)16(2)8-13-10-17-11-14(13)9-16/h4-7,13-14,17H,3,8-11H2,1-2H3. The van der Waals surface area contributed by atoms with Gasteiger partial charge in [-0.05, 0) is 60.7 Å². The van der Waals surface area contributed by atoms with Crippen LogP contribution in [0.1, 0.15) is 37.8 Å². The van der Waals surface area contributed by atoms with Gasteiger partial charge in [0.05, 0.1) is 0 Å². The molecule has 1 saturated carbocycles. The Morgan fingerprint density at radius 1 is 1.24 bits per heavy atom. The van der Waals surface area contributed by atoms with Gasteiger partial charge in [0.25, 0.3) is 0 Å². The van der Waals surface area contributed by atoms with Gasteiger partial charge in [-0.15, -0.1) is 0 Å². The highest BCUT2D eigenvalue weighted by Gasteiger charge is 2.44. The summed E-state index contributed by atoms with van der Waals surface area (Å²) in [5, 5.41) is 3.54. The first-order valence-electron chi connectivity index (χ1n) is 7.01. The Morgan fingerprint density at radius 2 is 1.94 bits per heavy atom. The van der Waals surface area contributed by atoms with Crippen LogP contribution in [0.5, 0.6) is 0 Å². The summed E-state index contributed by atoms with van der Waals surface area (Å²) in [5.41, 5.74) is 3.49. The molecule has 1 N–H and O–H groups in total. The third-order valence-corrected chi connectivity index (χ3v) is 4.94. The lowest BCUT2D eigenvalue weighted by atomic mass is 9.79. The lowest BCUT2D eigenvalue weighted by molar-refractivity contribution is 0.443. The Balaban J connectivity index is 1.87. The molecule has 0 amide bonds. The minimum atomic E-state index is 0.433. The Hall–Kier alpha value is -0.820. The van der Waals surface area contributed by atoms with Gasteiger partial charge in [-0.2, -0.15) is 0 Å². The average Bonchev–Trinajstić information content (AvgIpc) is 2.88. The molecule has 1 aliphatic heterocycles. The topological polar surface area (TPSA) is 12.0 Å². The highest BCUT2D eigenvalue weighted by atomic mass is 14.9. The molecule has 2 unspecified atom stereocenters. The van der Waals surface area contributed by atoms with E-state index in [4.69, 9.17) is 0 Å². The predicted octanol–water partition coefficient (Wildman–Crippen LogP) is 3.14. The van der Waals surface area contributed by atoms with E-state index in [0.717, 1.165) is 18.3 Å². The van der Waals surface area contributed by atoms with Crippen molar-refractivity contribution in [1.29, 1.82) is 0 Å². The molecule has 1 nitrogen and oxygen atoms in total. The summed E-state index contributed by atoms with van der Waals surface area (Å²) in [4.78, 5) is 0. The van der Waals surface area contributed by atoms with Crippen LogP contribution in [0, 0.1) is 11.8 Å². The number of rotatable bonds is 2. The maximum Gasteiger partial charge on any atom is -0.00169 e. The predicted molar refractivity (Wildman–Crippen MR) is 72.3 cm³/mol. The quantitative estimate of drug-likeness (QED) is 0.821. The molecule has 1 heteroatoms.